The van der Waals surface area contributed by atoms with E-state index < -0.39 is 0 Å². The molecule has 2 aliphatic rings. The standard InChI is InChI=1S/C23H31N3O3/c1-25(2)19-7-5-18(6-8-19)17-26-13-11-23(12-14-26)10-9-20(29-23)16-24-22(27)21-4-3-15-28-21/h3-8,15,20H,9-14,16-17H2,1-2H3,(H,24,27). The van der Waals surface area contributed by atoms with E-state index in [1.165, 1.54) is 17.5 Å². The van der Waals surface area contributed by atoms with E-state index in [4.69, 9.17) is 9.15 Å². The summed E-state index contributed by atoms with van der Waals surface area (Å²) < 4.78 is 11.6. The molecule has 29 heavy (non-hydrogen) atoms. The van der Waals surface area contributed by atoms with Gasteiger partial charge in [0.05, 0.1) is 18.0 Å². The van der Waals surface area contributed by atoms with Crippen LogP contribution in [0.5, 0.6) is 0 Å². The van der Waals surface area contributed by atoms with Gasteiger partial charge in [0, 0.05) is 46.0 Å². The van der Waals surface area contributed by atoms with Crippen molar-refractivity contribution in [3.63, 3.8) is 0 Å². The number of nitrogens with zero attached hydrogens (tertiary/aromatic N) is 2. The molecule has 2 aromatic rings. The van der Waals surface area contributed by atoms with Crippen LogP contribution in [0.4, 0.5) is 5.69 Å². The van der Waals surface area contributed by atoms with Gasteiger partial charge in [-0.05, 0) is 55.5 Å². The maximum Gasteiger partial charge on any atom is 0.287 e. The van der Waals surface area contributed by atoms with Crippen molar-refractivity contribution in [3.05, 3.63) is 54.0 Å². The van der Waals surface area contributed by atoms with Crippen molar-refractivity contribution in [3.8, 4) is 0 Å². The number of carbonyl (C=O) groups is 1. The van der Waals surface area contributed by atoms with Crippen LogP contribution in [-0.4, -0.2) is 56.2 Å². The first-order valence-electron chi connectivity index (χ1n) is 10.5. The minimum atomic E-state index is -0.172. The molecule has 3 heterocycles. The predicted molar refractivity (Wildman–Crippen MR) is 113 cm³/mol. The maximum atomic E-state index is 12.0. The van der Waals surface area contributed by atoms with Gasteiger partial charge < -0.3 is 19.4 Å². The molecule has 0 bridgehead atoms. The Morgan fingerprint density at radius 1 is 1.17 bits per heavy atom. The van der Waals surface area contributed by atoms with Crippen LogP contribution >= 0.6 is 0 Å². The number of amides is 1. The molecule has 1 aromatic heterocycles. The van der Waals surface area contributed by atoms with Gasteiger partial charge in [-0.15, -0.1) is 0 Å². The fraction of sp³-hybridized carbons (Fsp3) is 0.522. The van der Waals surface area contributed by atoms with Crippen molar-refractivity contribution in [2.24, 2.45) is 0 Å². The Morgan fingerprint density at radius 3 is 2.59 bits per heavy atom. The van der Waals surface area contributed by atoms with Gasteiger partial charge in [-0.1, -0.05) is 12.1 Å². The summed E-state index contributed by atoms with van der Waals surface area (Å²) in [6.45, 7) is 3.65. The summed E-state index contributed by atoms with van der Waals surface area (Å²) >= 11 is 0. The van der Waals surface area contributed by atoms with Crippen molar-refractivity contribution in [1.82, 2.24) is 10.2 Å². The van der Waals surface area contributed by atoms with Crippen molar-refractivity contribution in [1.29, 1.82) is 0 Å². The molecule has 4 rings (SSSR count). The van der Waals surface area contributed by atoms with Crippen LogP contribution in [0.1, 0.15) is 41.8 Å². The van der Waals surface area contributed by atoms with Crippen LogP contribution in [0.25, 0.3) is 0 Å². The van der Waals surface area contributed by atoms with Crippen LogP contribution in [0.2, 0.25) is 0 Å². The van der Waals surface area contributed by atoms with Gasteiger partial charge >= 0.3 is 0 Å². The molecule has 6 nitrogen and oxygen atoms in total. The molecular formula is C23H31N3O3. The first kappa shape index (κ1) is 20.0. The number of hydrogen-bond acceptors (Lipinski definition) is 5. The van der Waals surface area contributed by atoms with Crippen molar-refractivity contribution in [2.45, 2.75) is 43.9 Å². The molecule has 1 aromatic carbocycles. The third kappa shape index (κ3) is 4.82. The highest BCUT2D eigenvalue weighted by Gasteiger charge is 2.42. The molecule has 1 amide bonds. The molecule has 1 unspecified atom stereocenters. The van der Waals surface area contributed by atoms with Crippen LogP contribution < -0.4 is 10.2 Å². The number of rotatable bonds is 6. The second kappa shape index (κ2) is 8.59. The van der Waals surface area contributed by atoms with E-state index in [-0.39, 0.29) is 17.6 Å². The molecule has 6 heteroatoms. The van der Waals surface area contributed by atoms with Crippen molar-refractivity contribution >= 4 is 11.6 Å². The number of hydrogen-bond donors (Lipinski definition) is 1. The van der Waals surface area contributed by atoms with Crippen molar-refractivity contribution in [2.75, 3.05) is 38.6 Å². The maximum absolute atomic E-state index is 12.0. The molecule has 2 fully saturated rings. The van der Waals surface area contributed by atoms with Crippen LogP contribution in [-0.2, 0) is 11.3 Å². The number of benzene rings is 1. The van der Waals surface area contributed by atoms with Gasteiger partial charge in [-0.2, -0.15) is 0 Å². The Labute approximate surface area is 172 Å². The highest BCUT2D eigenvalue weighted by molar-refractivity contribution is 5.91. The summed E-state index contributed by atoms with van der Waals surface area (Å²) in [6, 6.07) is 12.2. The number of ether oxygens (including phenoxy) is 1. The number of carbonyl (C=O) groups excluding carboxylic acids is 1. The highest BCUT2D eigenvalue weighted by atomic mass is 16.5. The number of furan rings is 1. The zero-order valence-corrected chi connectivity index (χ0v) is 17.4. The average molecular weight is 398 g/mol. The van der Waals surface area contributed by atoms with Crippen LogP contribution in [0.15, 0.2) is 47.1 Å². The lowest BCUT2D eigenvalue weighted by molar-refractivity contribution is -0.0764. The predicted octanol–water partition coefficient (Wildman–Crippen LogP) is 3.29. The lowest BCUT2D eigenvalue weighted by atomic mass is 9.88. The van der Waals surface area contributed by atoms with E-state index in [1.807, 2.05) is 0 Å². The molecule has 156 valence electrons. The first-order valence-corrected chi connectivity index (χ1v) is 10.5. The van der Waals surface area contributed by atoms with Crippen LogP contribution in [0.3, 0.4) is 0 Å². The smallest absolute Gasteiger partial charge is 0.287 e. The van der Waals surface area contributed by atoms with E-state index in [0.29, 0.717) is 12.3 Å². The number of likely N-dealkylation sites (tertiary alicyclic amines) is 1. The molecule has 0 aliphatic carbocycles. The van der Waals surface area contributed by atoms with Gasteiger partial charge in [-0.3, -0.25) is 9.69 Å². The zero-order chi connectivity index (χ0) is 20.3. The summed E-state index contributed by atoms with van der Waals surface area (Å²) in [7, 11) is 4.13. The van der Waals surface area contributed by atoms with E-state index in [1.54, 1.807) is 12.1 Å². The normalized spacial score (nSPS) is 21.4. The molecule has 0 radical (unpaired) electrons. The Hall–Kier alpha value is -2.31. The number of anilines is 1. The van der Waals surface area contributed by atoms with E-state index >= 15 is 0 Å². The van der Waals surface area contributed by atoms with Gasteiger partial charge in [0.2, 0.25) is 0 Å². The second-order valence-electron chi connectivity index (χ2n) is 8.49. The molecular weight excluding hydrogens is 366 g/mol. The molecule has 2 aliphatic heterocycles. The van der Waals surface area contributed by atoms with Gasteiger partial charge in [0.1, 0.15) is 0 Å². The zero-order valence-electron chi connectivity index (χ0n) is 17.4. The summed E-state index contributed by atoms with van der Waals surface area (Å²) in [5.74, 6) is 0.180. The lowest BCUT2D eigenvalue weighted by Gasteiger charge is -2.39. The second-order valence-corrected chi connectivity index (χ2v) is 8.49. The number of piperidine rings is 1. The lowest BCUT2D eigenvalue weighted by Crippen LogP contribution is -2.44. The third-order valence-corrected chi connectivity index (χ3v) is 6.20. The fourth-order valence-corrected chi connectivity index (χ4v) is 4.38. The summed E-state index contributed by atoms with van der Waals surface area (Å²) in [6.07, 6.45) is 5.82. The van der Waals surface area contributed by atoms with E-state index in [0.717, 1.165) is 45.3 Å². The van der Waals surface area contributed by atoms with E-state index in [2.05, 4.69) is 53.5 Å². The monoisotopic (exact) mass is 397 g/mol. The van der Waals surface area contributed by atoms with Gasteiger partial charge in [0.25, 0.3) is 5.91 Å². The summed E-state index contributed by atoms with van der Waals surface area (Å²) in [5.41, 5.74) is 2.58. The van der Waals surface area contributed by atoms with Gasteiger partial charge in [-0.25, -0.2) is 0 Å². The summed E-state index contributed by atoms with van der Waals surface area (Å²) in [4.78, 5) is 16.7. The SMILES string of the molecule is CN(C)c1ccc(CN2CCC3(CCC(CNC(=O)c4ccco4)O3)CC2)cc1. The Kier molecular flexibility index (Phi) is 5.92. The minimum Gasteiger partial charge on any atom is -0.459 e. The van der Waals surface area contributed by atoms with Crippen LogP contribution in [0, 0.1) is 0 Å². The largest absolute Gasteiger partial charge is 0.459 e. The first-order chi connectivity index (χ1) is 14.0. The molecule has 0 saturated carbocycles. The quantitative estimate of drug-likeness (QED) is 0.811. The molecule has 1 spiro atoms. The summed E-state index contributed by atoms with van der Waals surface area (Å²) in [5, 5.41) is 2.93. The molecule has 1 atom stereocenters. The fourth-order valence-electron chi connectivity index (χ4n) is 4.38. The Morgan fingerprint density at radius 2 is 1.93 bits per heavy atom. The topological polar surface area (TPSA) is 58.0 Å². The highest BCUT2D eigenvalue weighted by Crippen LogP contribution is 2.39. The minimum absolute atomic E-state index is 0.00858. The number of nitrogens with one attached hydrogen (secondary N) is 1. The van der Waals surface area contributed by atoms with E-state index in [9.17, 15) is 4.79 Å². The molecule has 2 saturated heterocycles. The Balaban J connectivity index is 1.22. The third-order valence-electron chi connectivity index (χ3n) is 6.20. The Bertz CT molecular complexity index is 793. The van der Waals surface area contributed by atoms with Crippen molar-refractivity contribution < 1.29 is 13.9 Å². The molecule has 1 N–H and O–H groups in total. The average Bonchev–Trinajstić information content (AvgIpc) is 3.39. The van der Waals surface area contributed by atoms with Gasteiger partial charge in [0.15, 0.2) is 5.76 Å².